The molecule has 0 aliphatic carbocycles. The highest BCUT2D eigenvalue weighted by Gasteiger charge is 2.03. The number of aryl methyl sites for hydroxylation is 1. The van der Waals surface area contributed by atoms with Crippen LogP contribution in [-0.2, 0) is 13.2 Å². The number of halogens is 1. The maximum absolute atomic E-state index is 8.72. The number of hydrogen-bond donors (Lipinski definition) is 1. The van der Waals surface area contributed by atoms with Crippen LogP contribution >= 0.6 is 15.9 Å². The fourth-order valence-electron chi connectivity index (χ4n) is 0.916. The Morgan fingerprint density at radius 1 is 1.73 bits per heavy atom. The molecule has 11 heavy (non-hydrogen) atoms. The van der Waals surface area contributed by atoms with Gasteiger partial charge in [-0.2, -0.15) is 5.10 Å². The average molecular weight is 219 g/mol. The molecule has 0 amide bonds. The lowest BCUT2D eigenvalue weighted by Crippen LogP contribution is -1.97. The van der Waals surface area contributed by atoms with Gasteiger partial charge in [-0.3, -0.25) is 0 Å². The molecule has 0 atom stereocenters. The van der Waals surface area contributed by atoms with Crippen molar-refractivity contribution in [2.75, 3.05) is 0 Å². The monoisotopic (exact) mass is 218 g/mol. The van der Waals surface area contributed by atoms with Gasteiger partial charge in [-0.1, -0.05) is 13.3 Å². The van der Waals surface area contributed by atoms with E-state index in [1.165, 1.54) is 4.68 Å². The van der Waals surface area contributed by atoms with E-state index in [0.29, 0.717) is 0 Å². The first-order valence-corrected chi connectivity index (χ1v) is 4.40. The predicted octanol–water partition coefficient (Wildman–Crippen LogP) is 1.55. The minimum absolute atomic E-state index is 0.0533. The Hall–Kier alpha value is -0.350. The second-order valence-electron chi connectivity index (χ2n) is 2.35. The maximum atomic E-state index is 8.72. The van der Waals surface area contributed by atoms with Crippen LogP contribution in [0.15, 0.2) is 10.7 Å². The van der Waals surface area contributed by atoms with Crippen molar-refractivity contribution in [1.29, 1.82) is 0 Å². The van der Waals surface area contributed by atoms with Gasteiger partial charge in [0.05, 0.1) is 10.2 Å². The van der Waals surface area contributed by atoms with Crippen LogP contribution in [0.25, 0.3) is 0 Å². The summed E-state index contributed by atoms with van der Waals surface area (Å²) in [5, 5.41) is 12.9. The topological polar surface area (TPSA) is 38.0 Å². The van der Waals surface area contributed by atoms with Crippen molar-refractivity contribution in [2.24, 2.45) is 0 Å². The molecule has 4 heteroatoms. The molecule has 1 N–H and O–H groups in total. The van der Waals surface area contributed by atoms with Crippen molar-refractivity contribution >= 4 is 15.9 Å². The predicted molar refractivity (Wildman–Crippen MR) is 46.1 cm³/mol. The van der Waals surface area contributed by atoms with Crippen molar-refractivity contribution in [3.8, 4) is 0 Å². The Morgan fingerprint density at radius 3 is 2.91 bits per heavy atom. The molecule has 0 saturated carbocycles. The van der Waals surface area contributed by atoms with Gasteiger partial charge in [0, 0.05) is 6.20 Å². The molecule has 1 aromatic heterocycles. The van der Waals surface area contributed by atoms with E-state index in [1.54, 1.807) is 6.20 Å². The molecule has 0 bridgehead atoms. The second-order valence-corrected chi connectivity index (χ2v) is 3.21. The Balaban J connectivity index is 2.79. The van der Waals surface area contributed by atoms with Crippen molar-refractivity contribution < 1.29 is 5.11 Å². The van der Waals surface area contributed by atoms with E-state index in [-0.39, 0.29) is 6.73 Å². The van der Waals surface area contributed by atoms with Crippen molar-refractivity contribution in [1.82, 2.24) is 9.78 Å². The Kier molecular flexibility index (Phi) is 3.08. The fraction of sp³-hybridized carbons (Fsp3) is 0.571. The van der Waals surface area contributed by atoms with Crippen molar-refractivity contribution in [3.05, 3.63) is 16.4 Å². The summed E-state index contributed by atoms with van der Waals surface area (Å²) in [4.78, 5) is 0. The maximum Gasteiger partial charge on any atom is 0.136 e. The summed E-state index contributed by atoms with van der Waals surface area (Å²) < 4.78 is 2.49. The van der Waals surface area contributed by atoms with E-state index >= 15 is 0 Å². The molecule has 0 aromatic carbocycles. The lowest BCUT2D eigenvalue weighted by Gasteiger charge is -1.91. The quantitative estimate of drug-likeness (QED) is 0.837. The van der Waals surface area contributed by atoms with E-state index in [0.717, 1.165) is 23.0 Å². The van der Waals surface area contributed by atoms with Crippen LogP contribution in [0.3, 0.4) is 0 Å². The Labute approximate surface area is 74.2 Å². The van der Waals surface area contributed by atoms with Crippen LogP contribution in [0.1, 0.15) is 19.0 Å². The molecule has 1 rings (SSSR count). The Bertz CT molecular complexity index is 234. The van der Waals surface area contributed by atoms with Gasteiger partial charge in [0.25, 0.3) is 0 Å². The summed E-state index contributed by atoms with van der Waals surface area (Å²) in [6, 6.07) is 0. The number of nitrogens with zero attached hydrogens (tertiary/aromatic N) is 2. The molecule has 0 aliphatic heterocycles. The van der Waals surface area contributed by atoms with Crippen LogP contribution in [0.2, 0.25) is 0 Å². The van der Waals surface area contributed by atoms with Gasteiger partial charge in [-0.25, -0.2) is 4.68 Å². The summed E-state index contributed by atoms with van der Waals surface area (Å²) >= 11 is 3.36. The molecule has 0 saturated heterocycles. The summed E-state index contributed by atoms with van der Waals surface area (Å²) in [6.45, 7) is 2.05. The largest absolute Gasteiger partial charge is 0.374 e. The third-order valence-corrected chi connectivity index (χ3v) is 2.08. The van der Waals surface area contributed by atoms with Crippen LogP contribution in [0.5, 0.6) is 0 Å². The third-order valence-electron chi connectivity index (χ3n) is 1.42. The van der Waals surface area contributed by atoms with Gasteiger partial charge in [0.15, 0.2) is 0 Å². The Morgan fingerprint density at radius 2 is 2.45 bits per heavy atom. The molecule has 3 nitrogen and oxygen atoms in total. The SMILES string of the molecule is CCCc1nn(CO)cc1Br. The highest BCUT2D eigenvalue weighted by molar-refractivity contribution is 9.10. The fourth-order valence-corrected chi connectivity index (χ4v) is 1.43. The van der Waals surface area contributed by atoms with Crippen LogP contribution in [0, 0.1) is 0 Å². The standard InChI is InChI=1S/C7H11BrN2O/c1-2-3-7-6(8)4-10(5-11)9-7/h4,11H,2-3,5H2,1H3. The van der Waals surface area contributed by atoms with Gasteiger partial charge >= 0.3 is 0 Å². The number of rotatable bonds is 3. The van der Waals surface area contributed by atoms with Crippen molar-refractivity contribution in [2.45, 2.75) is 26.5 Å². The summed E-state index contributed by atoms with van der Waals surface area (Å²) in [7, 11) is 0. The van der Waals surface area contributed by atoms with Crippen LogP contribution < -0.4 is 0 Å². The lowest BCUT2D eigenvalue weighted by molar-refractivity contribution is 0.194. The molecule has 0 spiro atoms. The van der Waals surface area contributed by atoms with Gasteiger partial charge in [-0.05, 0) is 22.4 Å². The molecule has 1 heterocycles. The van der Waals surface area contributed by atoms with E-state index in [2.05, 4.69) is 28.0 Å². The minimum atomic E-state index is -0.0533. The molecule has 0 unspecified atom stereocenters. The molecule has 0 aliphatic rings. The summed E-state index contributed by atoms with van der Waals surface area (Å²) in [5.74, 6) is 0. The van der Waals surface area contributed by atoms with E-state index < -0.39 is 0 Å². The van der Waals surface area contributed by atoms with Crippen LogP contribution in [0.4, 0.5) is 0 Å². The molecule has 0 fully saturated rings. The normalized spacial score (nSPS) is 10.5. The number of hydrogen-bond acceptors (Lipinski definition) is 2. The van der Waals surface area contributed by atoms with Gasteiger partial charge in [0.1, 0.15) is 6.73 Å². The first-order valence-electron chi connectivity index (χ1n) is 3.60. The molecule has 0 radical (unpaired) electrons. The van der Waals surface area contributed by atoms with Gasteiger partial charge < -0.3 is 5.11 Å². The third kappa shape index (κ3) is 2.04. The minimum Gasteiger partial charge on any atom is -0.374 e. The number of aliphatic hydroxyl groups is 1. The second kappa shape index (κ2) is 3.88. The first-order chi connectivity index (χ1) is 5.27. The molecule has 1 aromatic rings. The zero-order chi connectivity index (χ0) is 8.27. The zero-order valence-corrected chi connectivity index (χ0v) is 8.00. The van der Waals surface area contributed by atoms with Crippen molar-refractivity contribution in [3.63, 3.8) is 0 Å². The van der Waals surface area contributed by atoms with Gasteiger partial charge in [-0.15, -0.1) is 0 Å². The van der Waals surface area contributed by atoms with E-state index in [1.807, 2.05) is 0 Å². The smallest absolute Gasteiger partial charge is 0.136 e. The summed E-state index contributed by atoms with van der Waals surface area (Å²) in [6.07, 6.45) is 3.81. The number of aliphatic hydroxyl groups excluding tert-OH is 1. The summed E-state index contributed by atoms with van der Waals surface area (Å²) in [5.41, 5.74) is 1.02. The molecular weight excluding hydrogens is 208 g/mol. The van der Waals surface area contributed by atoms with Crippen LogP contribution in [-0.4, -0.2) is 14.9 Å². The van der Waals surface area contributed by atoms with E-state index in [9.17, 15) is 0 Å². The lowest BCUT2D eigenvalue weighted by atomic mass is 10.3. The molecule has 62 valence electrons. The highest BCUT2D eigenvalue weighted by Crippen LogP contribution is 2.15. The van der Waals surface area contributed by atoms with E-state index in [4.69, 9.17) is 5.11 Å². The average Bonchev–Trinajstić information content (AvgIpc) is 2.33. The van der Waals surface area contributed by atoms with Gasteiger partial charge in [0.2, 0.25) is 0 Å². The first kappa shape index (κ1) is 8.74. The highest BCUT2D eigenvalue weighted by atomic mass is 79.9. The number of aromatic nitrogens is 2. The molecular formula is C7H11BrN2O. The zero-order valence-electron chi connectivity index (χ0n) is 6.42.